The van der Waals surface area contributed by atoms with Gasteiger partial charge in [-0.1, -0.05) is 18.7 Å². The first-order valence-electron chi connectivity index (χ1n) is 7.90. The SMILES string of the molecule is C=CCOc1ccc(/C=C/C(=O)OCC(=O)N2CCNC2=O)cc1OC. The lowest BCUT2D eigenvalue weighted by Crippen LogP contribution is -2.37. The summed E-state index contributed by atoms with van der Waals surface area (Å²) in [5.74, 6) is -0.185. The van der Waals surface area contributed by atoms with Crippen molar-refractivity contribution in [2.75, 3.05) is 33.4 Å². The molecule has 0 aromatic heterocycles. The fourth-order valence-corrected chi connectivity index (χ4v) is 2.19. The zero-order valence-corrected chi connectivity index (χ0v) is 14.4. The van der Waals surface area contributed by atoms with Gasteiger partial charge >= 0.3 is 12.0 Å². The number of benzene rings is 1. The molecule has 0 spiro atoms. The fourth-order valence-electron chi connectivity index (χ4n) is 2.19. The number of nitrogens with zero attached hydrogens (tertiary/aromatic N) is 1. The Labute approximate surface area is 151 Å². The van der Waals surface area contributed by atoms with Crippen LogP contribution in [0.1, 0.15) is 5.56 Å². The monoisotopic (exact) mass is 360 g/mol. The standard InChI is InChI=1S/C18H20N2O6/c1-3-10-25-14-6-4-13(11-15(14)24-2)5-7-17(22)26-12-16(21)20-9-8-19-18(20)23/h3-7,11H,1,8-10,12H2,2H3,(H,19,23)/b7-5+. The number of hydrogen-bond donors (Lipinski definition) is 1. The Hall–Kier alpha value is -3.29. The number of urea groups is 1. The van der Waals surface area contributed by atoms with E-state index in [0.717, 1.165) is 4.90 Å². The van der Waals surface area contributed by atoms with Crippen LogP contribution in [0.5, 0.6) is 11.5 Å². The van der Waals surface area contributed by atoms with E-state index in [2.05, 4.69) is 11.9 Å². The van der Waals surface area contributed by atoms with Gasteiger partial charge in [0.1, 0.15) is 6.61 Å². The van der Waals surface area contributed by atoms with Gasteiger partial charge in [-0.15, -0.1) is 0 Å². The molecule has 2 rings (SSSR count). The van der Waals surface area contributed by atoms with Gasteiger partial charge in [0.15, 0.2) is 18.1 Å². The molecular formula is C18H20N2O6. The molecule has 0 atom stereocenters. The van der Waals surface area contributed by atoms with Crippen molar-refractivity contribution >= 4 is 24.0 Å². The topological polar surface area (TPSA) is 94.2 Å². The minimum atomic E-state index is -0.691. The van der Waals surface area contributed by atoms with Crippen molar-refractivity contribution in [1.82, 2.24) is 10.2 Å². The summed E-state index contributed by atoms with van der Waals surface area (Å²) in [6, 6.07) is 4.67. The molecular weight excluding hydrogens is 340 g/mol. The number of nitrogens with one attached hydrogen (secondary N) is 1. The second-order valence-electron chi connectivity index (χ2n) is 5.23. The van der Waals surface area contributed by atoms with Crippen LogP contribution in [-0.2, 0) is 14.3 Å². The highest BCUT2D eigenvalue weighted by atomic mass is 16.5. The Morgan fingerprint density at radius 2 is 2.15 bits per heavy atom. The lowest BCUT2D eigenvalue weighted by Gasteiger charge is -2.11. The van der Waals surface area contributed by atoms with Crippen LogP contribution in [0.25, 0.3) is 6.08 Å². The summed E-state index contributed by atoms with van der Waals surface area (Å²) in [7, 11) is 1.51. The van der Waals surface area contributed by atoms with Crippen LogP contribution in [0.3, 0.4) is 0 Å². The van der Waals surface area contributed by atoms with Gasteiger partial charge < -0.3 is 19.5 Å². The average Bonchev–Trinajstić information content (AvgIpc) is 3.08. The number of carbonyl (C=O) groups excluding carboxylic acids is 3. The van der Waals surface area contributed by atoms with Gasteiger partial charge in [0.2, 0.25) is 0 Å². The van der Waals surface area contributed by atoms with Crippen LogP contribution in [-0.4, -0.2) is 56.2 Å². The number of methoxy groups -OCH3 is 1. The van der Waals surface area contributed by atoms with Gasteiger partial charge in [-0.2, -0.15) is 0 Å². The second kappa shape index (κ2) is 9.26. The van der Waals surface area contributed by atoms with E-state index in [-0.39, 0.29) is 6.54 Å². The molecule has 1 N–H and O–H groups in total. The third kappa shape index (κ3) is 5.10. The minimum Gasteiger partial charge on any atom is -0.493 e. The molecule has 0 radical (unpaired) electrons. The highest BCUT2D eigenvalue weighted by Gasteiger charge is 2.26. The molecule has 1 aromatic carbocycles. The van der Waals surface area contributed by atoms with E-state index in [1.807, 2.05) is 0 Å². The zero-order chi connectivity index (χ0) is 18.9. The largest absolute Gasteiger partial charge is 0.493 e. The molecule has 138 valence electrons. The zero-order valence-electron chi connectivity index (χ0n) is 14.4. The first-order chi connectivity index (χ1) is 12.5. The maximum atomic E-state index is 11.8. The number of rotatable bonds is 8. The van der Waals surface area contributed by atoms with Crippen molar-refractivity contribution < 1.29 is 28.6 Å². The van der Waals surface area contributed by atoms with Gasteiger partial charge in [0.25, 0.3) is 5.91 Å². The van der Waals surface area contributed by atoms with Crippen LogP contribution in [0, 0.1) is 0 Å². The highest BCUT2D eigenvalue weighted by Crippen LogP contribution is 2.28. The van der Waals surface area contributed by atoms with E-state index in [4.69, 9.17) is 14.2 Å². The summed E-state index contributed by atoms with van der Waals surface area (Å²) >= 11 is 0. The Bertz CT molecular complexity index is 728. The Kier molecular flexibility index (Phi) is 6.78. The number of esters is 1. The maximum absolute atomic E-state index is 11.8. The van der Waals surface area contributed by atoms with Gasteiger partial charge in [-0.3, -0.25) is 9.69 Å². The van der Waals surface area contributed by atoms with E-state index in [0.29, 0.717) is 30.2 Å². The second-order valence-corrected chi connectivity index (χ2v) is 5.23. The van der Waals surface area contributed by atoms with Crippen molar-refractivity contribution in [3.63, 3.8) is 0 Å². The number of hydrogen-bond acceptors (Lipinski definition) is 6. The summed E-state index contributed by atoms with van der Waals surface area (Å²) in [4.78, 5) is 35.8. The average molecular weight is 360 g/mol. The van der Waals surface area contributed by atoms with Gasteiger partial charge in [-0.05, 0) is 23.8 Å². The molecule has 0 unspecified atom stereocenters. The van der Waals surface area contributed by atoms with Crippen molar-refractivity contribution in [2.45, 2.75) is 0 Å². The number of carbonyl (C=O) groups is 3. The van der Waals surface area contributed by atoms with E-state index >= 15 is 0 Å². The quantitative estimate of drug-likeness (QED) is 0.427. The lowest BCUT2D eigenvalue weighted by molar-refractivity contribution is -0.146. The Morgan fingerprint density at radius 1 is 1.35 bits per heavy atom. The molecule has 1 aliphatic rings. The highest BCUT2D eigenvalue weighted by molar-refractivity contribution is 5.97. The summed E-state index contributed by atoms with van der Waals surface area (Å²) in [5.41, 5.74) is 0.690. The van der Waals surface area contributed by atoms with E-state index in [9.17, 15) is 14.4 Å². The van der Waals surface area contributed by atoms with Crippen molar-refractivity contribution in [3.8, 4) is 11.5 Å². The van der Waals surface area contributed by atoms with Crippen molar-refractivity contribution in [3.05, 3.63) is 42.5 Å². The van der Waals surface area contributed by atoms with Crippen LogP contribution >= 0.6 is 0 Å². The van der Waals surface area contributed by atoms with Gasteiger partial charge in [0.05, 0.1) is 7.11 Å². The molecule has 26 heavy (non-hydrogen) atoms. The fraction of sp³-hybridized carbons (Fsp3) is 0.278. The molecule has 0 bridgehead atoms. The maximum Gasteiger partial charge on any atom is 0.331 e. The molecule has 1 fully saturated rings. The number of imide groups is 1. The number of amides is 3. The van der Waals surface area contributed by atoms with Gasteiger partial charge in [0, 0.05) is 19.2 Å². The predicted molar refractivity (Wildman–Crippen MR) is 93.8 cm³/mol. The van der Waals surface area contributed by atoms with Gasteiger partial charge in [-0.25, -0.2) is 9.59 Å². The molecule has 3 amide bonds. The smallest absolute Gasteiger partial charge is 0.331 e. The van der Waals surface area contributed by atoms with Crippen molar-refractivity contribution in [1.29, 1.82) is 0 Å². The third-order valence-electron chi connectivity index (χ3n) is 3.45. The van der Waals surface area contributed by atoms with E-state index in [1.165, 1.54) is 19.3 Å². The summed E-state index contributed by atoms with van der Waals surface area (Å²) in [5, 5.41) is 2.50. The molecule has 1 aromatic rings. The number of ether oxygens (including phenoxy) is 3. The van der Waals surface area contributed by atoms with Crippen LogP contribution in [0.4, 0.5) is 4.79 Å². The minimum absolute atomic E-state index is 0.269. The summed E-state index contributed by atoms with van der Waals surface area (Å²) < 4.78 is 15.5. The third-order valence-corrected chi connectivity index (χ3v) is 3.45. The summed E-state index contributed by atoms with van der Waals surface area (Å²) in [6.07, 6.45) is 4.34. The normalized spacial score (nSPS) is 13.4. The van der Waals surface area contributed by atoms with E-state index < -0.39 is 24.5 Å². The molecule has 1 aliphatic heterocycles. The van der Waals surface area contributed by atoms with Crippen LogP contribution < -0.4 is 14.8 Å². The molecule has 1 heterocycles. The van der Waals surface area contributed by atoms with Crippen LogP contribution in [0.15, 0.2) is 36.9 Å². The molecule has 8 heteroatoms. The van der Waals surface area contributed by atoms with Crippen LogP contribution in [0.2, 0.25) is 0 Å². The summed E-state index contributed by atoms with van der Waals surface area (Å²) in [6.45, 7) is 4.10. The molecule has 8 nitrogen and oxygen atoms in total. The Balaban J connectivity index is 1.89. The van der Waals surface area contributed by atoms with Crippen molar-refractivity contribution in [2.24, 2.45) is 0 Å². The van der Waals surface area contributed by atoms with E-state index in [1.54, 1.807) is 24.3 Å². The first kappa shape index (κ1) is 19.0. The molecule has 0 aliphatic carbocycles. The molecule has 0 saturated carbocycles. The predicted octanol–water partition coefficient (Wildman–Crippen LogP) is 1.37. The molecule has 1 saturated heterocycles. The lowest BCUT2D eigenvalue weighted by atomic mass is 10.2. The Morgan fingerprint density at radius 3 is 2.81 bits per heavy atom. The first-order valence-corrected chi connectivity index (χ1v) is 7.90.